The van der Waals surface area contributed by atoms with E-state index in [0.29, 0.717) is 25.6 Å². The Morgan fingerprint density at radius 2 is 2.10 bits per heavy atom. The summed E-state index contributed by atoms with van der Waals surface area (Å²) in [6.07, 6.45) is 0.524. The monoisotopic (exact) mass is 319 g/mol. The van der Waals surface area contributed by atoms with E-state index in [2.05, 4.69) is 4.72 Å². The normalized spacial score (nSPS) is 12.0. The van der Waals surface area contributed by atoms with Crippen LogP contribution in [-0.4, -0.2) is 33.3 Å². The van der Waals surface area contributed by atoms with Gasteiger partial charge in [-0.15, -0.1) is 0 Å². The molecule has 2 N–H and O–H groups in total. The summed E-state index contributed by atoms with van der Waals surface area (Å²) in [6, 6.07) is 3.28. The standard InChI is InChI=1S/C14H22FNO4S/c1-11(2)10-20-7-3-6-16-21(18,19)14-8-13(15)5-4-12(14)9-17/h4-5,8,11,16-17H,3,6-7,9-10H2,1-2H3. The highest BCUT2D eigenvalue weighted by molar-refractivity contribution is 7.89. The lowest BCUT2D eigenvalue weighted by molar-refractivity contribution is 0.108. The van der Waals surface area contributed by atoms with Crippen LogP contribution in [0.1, 0.15) is 25.8 Å². The minimum atomic E-state index is -3.83. The van der Waals surface area contributed by atoms with Gasteiger partial charge in [-0.1, -0.05) is 19.9 Å². The SMILES string of the molecule is CC(C)COCCCNS(=O)(=O)c1cc(F)ccc1CO. The van der Waals surface area contributed by atoms with Gasteiger partial charge in [0.15, 0.2) is 0 Å². The molecule has 1 rings (SSSR count). The Morgan fingerprint density at radius 3 is 2.71 bits per heavy atom. The molecular formula is C14H22FNO4S. The Morgan fingerprint density at radius 1 is 1.38 bits per heavy atom. The zero-order valence-electron chi connectivity index (χ0n) is 12.3. The Hall–Kier alpha value is -1.02. The van der Waals surface area contributed by atoms with Crippen LogP contribution < -0.4 is 4.72 Å². The second-order valence-corrected chi connectivity index (χ2v) is 6.87. The van der Waals surface area contributed by atoms with E-state index in [1.807, 2.05) is 13.8 Å². The van der Waals surface area contributed by atoms with Crippen LogP contribution in [0.15, 0.2) is 23.1 Å². The third-order valence-electron chi connectivity index (χ3n) is 2.70. The molecule has 0 amide bonds. The van der Waals surface area contributed by atoms with Crippen molar-refractivity contribution in [1.29, 1.82) is 0 Å². The molecule has 0 fully saturated rings. The van der Waals surface area contributed by atoms with Crippen molar-refractivity contribution in [2.24, 2.45) is 5.92 Å². The minimum absolute atomic E-state index is 0.167. The van der Waals surface area contributed by atoms with Gasteiger partial charge in [0.05, 0.1) is 11.5 Å². The Kier molecular flexibility index (Phi) is 7.24. The summed E-state index contributed by atoms with van der Waals surface area (Å²) in [5, 5.41) is 9.13. The summed E-state index contributed by atoms with van der Waals surface area (Å²) >= 11 is 0. The number of hydrogen-bond donors (Lipinski definition) is 2. The molecule has 0 unspecified atom stereocenters. The average Bonchev–Trinajstić information content (AvgIpc) is 2.42. The van der Waals surface area contributed by atoms with Crippen molar-refractivity contribution in [3.05, 3.63) is 29.6 Å². The lowest BCUT2D eigenvalue weighted by Crippen LogP contribution is -2.26. The van der Waals surface area contributed by atoms with Crippen molar-refractivity contribution in [3.8, 4) is 0 Å². The van der Waals surface area contributed by atoms with Gasteiger partial charge in [0.2, 0.25) is 10.0 Å². The van der Waals surface area contributed by atoms with Gasteiger partial charge < -0.3 is 9.84 Å². The van der Waals surface area contributed by atoms with Gasteiger partial charge in [0.25, 0.3) is 0 Å². The van der Waals surface area contributed by atoms with E-state index in [1.165, 1.54) is 6.07 Å². The van der Waals surface area contributed by atoms with Gasteiger partial charge in [0.1, 0.15) is 5.82 Å². The van der Waals surface area contributed by atoms with Crippen molar-refractivity contribution in [3.63, 3.8) is 0 Å². The van der Waals surface area contributed by atoms with Gasteiger partial charge in [-0.05, 0) is 30.0 Å². The first-order chi connectivity index (χ1) is 9.86. The highest BCUT2D eigenvalue weighted by Gasteiger charge is 2.18. The fourth-order valence-electron chi connectivity index (χ4n) is 1.69. The van der Waals surface area contributed by atoms with Crippen LogP contribution in [0.4, 0.5) is 4.39 Å². The first kappa shape index (κ1) is 18.0. The molecule has 120 valence electrons. The number of halogens is 1. The quantitative estimate of drug-likeness (QED) is 0.679. The molecule has 0 aliphatic carbocycles. The lowest BCUT2D eigenvalue weighted by Gasteiger charge is -2.11. The summed E-state index contributed by atoms with van der Waals surface area (Å²) in [7, 11) is -3.83. The van der Waals surface area contributed by atoms with Gasteiger partial charge in [-0.3, -0.25) is 0 Å². The van der Waals surface area contributed by atoms with Crippen LogP contribution in [0.2, 0.25) is 0 Å². The van der Waals surface area contributed by atoms with E-state index >= 15 is 0 Å². The molecule has 0 saturated carbocycles. The molecule has 0 aromatic heterocycles. The largest absolute Gasteiger partial charge is 0.392 e. The zero-order chi connectivity index (χ0) is 15.9. The minimum Gasteiger partial charge on any atom is -0.392 e. The van der Waals surface area contributed by atoms with Crippen molar-refractivity contribution in [1.82, 2.24) is 4.72 Å². The van der Waals surface area contributed by atoms with Crippen molar-refractivity contribution < 1.29 is 22.7 Å². The van der Waals surface area contributed by atoms with E-state index in [4.69, 9.17) is 9.84 Å². The number of benzene rings is 1. The molecule has 1 aromatic carbocycles. The molecule has 0 spiro atoms. The summed E-state index contributed by atoms with van der Waals surface area (Å²) < 4.78 is 45.1. The number of aliphatic hydroxyl groups excluding tert-OH is 1. The van der Waals surface area contributed by atoms with E-state index in [0.717, 1.165) is 12.1 Å². The predicted octanol–water partition coefficient (Wildman–Crippen LogP) is 1.66. The maximum atomic E-state index is 13.2. The number of sulfonamides is 1. The van der Waals surface area contributed by atoms with E-state index in [-0.39, 0.29) is 17.0 Å². The molecule has 21 heavy (non-hydrogen) atoms. The predicted molar refractivity (Wildman–Crippen MR) is 77.8 cm³/mol. The summed E-state index contributed by atoms with van der Waals surface area (Å²) in [4.78, 5) is -0.229. The fourth-order valence-corrected chi connectivity index (χ4v) is 3.00. The maximum absolute atomic E-state index is 13.2. The van der Waals surface area contributed by atoms with E-state index < -0.39 is 22.4 Å². The summed E-state index contributed by atoms with van der Waals surface area (Å²) in [6.45, 7) is 4.88. The third kappa shape index (κ3) is 6.09. The molecule has 0 radical (unpaired) electrons. The molecule has 0 heterocycles. The smallest absolute Gasteiger partial charge is 0.241 e. The topological polar surface area (TPSA) is 75.6 Å². The lowest BCUT2D eigenvalue weighted by atomic mass is 10.2. The number of aliphatic hydroxyl groups is 1. The first-order valence-corrected chi connectivity index (χ1v) is 8.32. The maximum Gasteiger partial charge on any atom is 0.241 e. The number of rotatable bonds is 9. The highest BCUT2D eigenvalue weighted by Crippen LogP contribution is 2.17. The summed E-state index contributed by atoms with van der Waals surface area (Å²) in [5.74, 6) is -0.228. The van der Waals surface area contributed by atoms with Crippen LogP contribution >= 0.6 is 0 Å². The molecule has 0 atom stereocenters. The second kappa shape index (κ2) is 8.43. The molecule has 0 saturated heterocycles. The molecule has 0 bridgehead atoms. The number of hydrogen-bond acceptors (Lipinski definition) is 4. The zero-order valence-corrected chi connectivity index (χ0v) is 13.1. The van der Waals surface area contributed by atoms with Crippen LogP contribution in [0.3, 0.4) is 0 Å². The first-order valence-electron chi connectivity index (χ1n) is 6.83. The number of nitrogens with one attached hydrogen (secondary N) is 1. The van der Waals surface area contributed by atoms with Gasteiger partial charge in [-0.2, -0.15) is 0 Å². The summed E-state index contributed by atoms with van der Waals surface area (Å²) in [5.41, 5.74) is 0.167. The molecule has 1 aromatic rings. The van der Waals surface area contributed by atoms with Crippen molar-refractivity contribution in [2.45, 2.75) is 31.8 Å². The van der Waals surface area contributed by atoms with Gasteiger partial charge in [0, 0.05) is 19.8 Å². The molecule has 7 heteroatoms. The molecular weight excluding hydrogens is 297 g/mol. The van der Waals surface area contributed by atoms with Crippen molar-refractivity contribution >= 4 is 10.0 Å². The van der Waals surface area contributed by atoms with Crippen LogP contribution in [-0.2, 0) is 21.4 Å². The van der Waals surface area contributed by atoms with E-state index in [9.17, 15) is 12.8 Å². The Balaban J connectivity index is 2.56. The highest BCUT2D eigenvalue weighted by atomic mass is 32.2. The average molecular weight is 319 g/mol. The van der Waals surface area contributed by atoms with Crippen LogP contribution in [0.25, 0.3) is 0 Å². The van der Waals surface area contributed by atoms with Crippen LogP contribution in [0.5, 0.6) is 0 Å². The molecule has 5 nitrogen and oxygen atoms in total. The van der Waals surface area contributed by atoms with Crippen LogP contribution in [0, 0.1) is 11.7 Å². The fraction of sp³-hybridized carbons (Fsp3) is 0.571. The number of ether oxygens (including phenoxy) is 1. The molecule has 0 aliphatic heterocycles. The molecule has 0 aliphatic rings. The Labute approximate surface area is 125 Å². The second-order valence-electron chi connectivity index (χ2n) is 5.13. The van der Waals surface area contributed by atoms with Gasteiger partial charge in [-0.25, -0.2) is 17.5 Å². The van der Waals surface area contributed by atoms with Gasteiger partial charge >= 0.3 is 0 Å². The van der Waals surface area contributed by atoms with Crippen molar-refractivity contribution in [2.75, 3.05) is 19.8 Å². The Bertz CT molecular complexity index is 546. The third-order valence-corrected chi connectivity index (χ3v) is 4.24. The van der Waals surface area contributed by atoms with E-state index in [1.54, 1.807) is 0 Å².